The van der Waals surface area contributed by atoms with Crippen LogP contribution in [-0.2, 0) is 6.54 Å². The molecule has 0 saturated heterocycles. The van der Waals surface area contributed by atoms with E-state index in [9.17, 15) is 8.78 Å². The first-order valence-electron chi connectivity index (χ1n) is 8.41. The van der Waals surface area contributed by atoms with Crippen LogP contribution in [0.2, 0.25) is 0 Å². The summed E-state index contributed by atoms with van der Waals surface area (Å²) in [6.45, 7) is 5.58. The third-order valence-electron chi connectivity index (χ3n) is 4.06. The van der Waals surface area contributed by atoms with Gasteiger partial charge >= 0.3 is 0 Å². The van der Waals surface area contributed by atoms with Crippen LogP contribution < -0.4 is 10.6 Å². The lowest BCUT2D eigenvalue weighted by atomic mass is 10.1. The SMILES string of the molecule is CN=C(NCCCCn1ccnc1C)NC(C)c1ccc(F)c(F)c1. The number of benzene rings is 1. The van der Waals surface area contributed by atoms with Gasteiger partial charge in [0.25, 0.3) is 0 Å². The van der Waals surface area contributed by atoms with Crippen LogP contribution in [-0.4, -0.2) is 29.1 Å². The van der Waals surface area contributed by atoms with E-state index in [4.69, 9.17) is 0 Å². The zero-order valence-electron chi connectivity index (χ0n) is 14.9. The van der Waals surface area contributed by atoms with Crippen LogP contribution in [0.25, 0.3) is 0 Å². The summed E-state index contributed by atoms with van der Waals surface area (Å²) in [7, 11) is 1.68. The van der Waals surface area contributed by atoms with E-state index >= 15 is 0 Å². The Hall–Kier alpha value is -2.44. The largest absolute Gasteiger partial charge is 0.356 e. The van der Waals surface area contributed by atoms with Crippen LogP contribution in [0.15, 0.2) is 35.6 Å². The van der Waals surface area contributed by atoms with E-state index < -0.39 is 11.6 Å². The number of imidazole rings is 1. The van der Waals surface area contributed by atoms with Crippen molar-refractivity contribution in [1.29, 1.82) is 0 Å². The molecule has 5 nitrogen and oxygen atoms in total. The van der Waals surface area contributed by atoms with Gasteiger partial charge in [0.2, 0.25) is 0 Å². The first-order valence-corrected chi connectivity index (χ1v) is 8.41. The average molecular weight is 349 g/mol. The molecule has 0 aliphatic carbocycles. The Morgan fingerprint density at radius 3 is 2.72 bits per heavy atom. The molecule has 1 aromatic carbocycles. The molecular weight excluding hydrogens is 324 g/mol. The number of aryl methyl sites for hydroxylation is 2. The minimum absolute atomic E-state index is 0.185. The van der Waals surface area contributed by atoms with E-state index in [1.165, 1.54) is 6.07 Å². The fraction of sp³-hybridized carbons (Fsp3) is 0.444. The Labute approximate surface area is 147 Å². The van der Waals surface area contributed by atoms with Gasteiger partial charge in [0, 0.05) is 32.5 Å². The highest BCUT2D eigenvalue weighted by Gasteiger charge is 2.10. The van der Waals surface area contributed by atoms with E-state index in [1.807, 2.05) is 20.0 Å². The number of aromatic nitrogens is 2. The molecule has 0 aliphatic heterocycles. The summed E-state index contributed by atoms with van der Waals surface area (Å²) in [5.74, 6) is -0.0303. The highest BCUT2D eigenvalue weighted by atomic mass is 19.2. The highest BCUT2D eigenvalue weighted by Crippen LogP contribution is 2.15. The fourth-order valence-electron chi connectivity index (χ4n) is 2.52. The average Bonchev–Trinajstić information content (AvgIpc) is 3.00. The molecule has 0 spiro atoms. The van der Waals surface area contributed by atoms with E-state index in [1.54, 1.807) is 19.3 Å². The van der Waals surface area contributed by atoms with Gasteiger partial charge in [-0.15, -0.1) is 0 Å². The smallest absolute Gasteiger partial charge is 0.191 e. The predicted molar refractivity (Wildman–Crippen MR) is 95.5 cm³/mol. The molecule has 0 bridgehead atoms. The van der Waals surface area contributed by atoms with Crippen LogP contribution >= 0.6 is 0 Å². The molecule has 1 heterocycles. The van der Waals surface area contributed by atoms with E-state index in [0.29, 0.717) is 11.5 Å². The van der Waals surface area contributed by atoms with Crippen molar-refractivity contribution in [2.24, 2.45) is 4.99 Å². The quantitative estimate of drug-likeness (QED) is 0.459. The second kappa shape index (κ2) is 9.15. The molecule has 1 atom stereocenters. The summed E-state index contributed by atoms with van der Waals surface area (Å²) < 4.78 is 28.5. The van der Waals surface area contributed by atoms with E-state index in [-0.39, 0.29) is 6.04 Å². The topological polar surface area (TPSA) is 54.2 Å². The Kier molecular flexibility index (Phi) is 6.91. The van der Waals surface area contributed by atoms with E-state index in [0.717, 1.165) is 37.8 Å². The van der Waals surface area contributed by atoms with Gasteiger partial charge < -0.3 is 15.2 Å². The van der Waals surface area contributed by atoms with Crippen molar-refractivity contribution in [3.8, 4) is 0 Å². The summed E-state index contributed by atoms with van der Waals surface area (Å²) in [6, 6.07) is 3.72. The number of hydrogen-bond acceptors (Lipinski definition) is 2. The van der Waals surface area contributed by atoms with Gasteiger partial charge in [-0.25, -0.2) is 13.8 Å². The maximum Gasteiger partial charge on any atom is 0.191 e. The summed E-state index contributed by atoms with van der Waals surface area (Å²) in [6.07, 6.45) is 5.80. The third kappa shape index (κ3) is 5.55. The first kappa shape index (κ1) is 18.9. The number of hydrogen-bond donors (Lipinski definition) is 2. The molecule has 2 N–H and O–H groups in total. The Bertz CT molecular complexity index is 711. The monoisotopic (exact) mass is 349 g/mol. The van der Waals surface area contributed by atoms with Crippen molar-refractivity contribution in [1.82, 2.24) is 20.2 Å². The molecule has 0 saturated carbocycles. The lowest BCUT2D eigenvalue weighted by molar-refractivity contribution is 0.504. The van der Waals surface area contributed by atoms with Crippen LogP contribution in [0.1, 0.15) is 37.2 Å². The van der Waals surface area contributed by atoms with Crippen LogP contribution in [0.3, 0.4) is 0 Å². The maximum absolute atomic E-state index is 13.3. The second-order valence-corrected chi connectivity index (χ2v) is 5.91. The molecule has 7 heteroatoms. The number of unbranched alkanes of at least 4 members (excludes halogenated alkanes) is 1. The number of guanidine groups is 1. The van der Waals surface area contributed by atoms with Gasteiger partial charge in [0.15, 0.2) is 17.6 Å². The minimum atomic E-state index is -0.844. The van der Waals surface area contributed by atoms with Crippen LogP contribution in [0, 0.1) is 18.6 Å². The molecule has 2 rings (SSSR count). The molecule has 0 fully saturated rings. The van der Waals surface area contributed by atoms with Crippen LogP contribution in [0.4, 0.5) is 8.78 Å². The Morgan fingerprint density at radius 1 is 1.28 bits per heavy atom. The zero-order chi connectivity index (χ0) is 18.2. The number of nitrogens with zero attached hydrogens (tertiary/aromatic N) is 3. The summed E-state index contributed by atoms with van der Waals surface area (Å²) in [4.78, 5) is 8.36. The standard InChI is InChI=1S/C18H25F2N5/c1-13(15-6-7-16(19)17(20)12-15)24-18(21-3)23-8-4-5-10-25-11-9-22-14(25)2/h6-7,9,11-13H,4-5,8,10H2,1-3H3,(H2,21,23,24). The van der Waals surface area contributed by atoms with Crippen LogP contribution in [0.5, 0.6) is 0 Å². The lowest BCUT2D eigenvalue weighted by Gasteiger charge is -2.18. The number of aliphatic imine (C=N–C) groups is 1. The molecule has 1 aromatic heterocycles. The highest BCUT2D eigenvalue weighted by molar-refractivity contribution is 5.80. The molecule has 1 unspecified atom stereocenters. The molecule has 136 valence electrons. The first-order chi connectivity index (χ1) is 12.0. The van der Waals surface area contributed by atoms with Gasteiger partial charge in [-0.2, -0.15) is 0 Å². The molecule has 0 amide bonds. The van der Waals surface area contributed by atoms with Gasteiger partial charge in [-0.1, -0.05) is 6.07 Å². The normalized spacial score (nSPS) is 12.9. The van der Waals surface area contributed by atoms with Crippen molar-refractivity contribution in [2.45, 2.75) is 39.3 Å². The van der Waals surface area contributed by atoms with Gasteiger partial charge in [-0.05, 0) is 44.4 Å². The van der Waals surface area contributed by atoms with Crippen molar-refractivity contribution in [3.05, 3.63) is 53.6 Å². The maximum atomic E-state index is 13.3. The van der Waals surface area contributed by atoms with Gasteiger partial charge in [0.05, 0.1) is 6.04 Å². The van der Waals surface area contributed by atoms with Crippen molar-refractivity contribution in [2.75, 3.05) is 13.6 Å². The molecular formula is C18H25F2N5. The molecule has 25 heavy (non-hydrogen) atoms. The molecule has 0 radical (unpaired) electrons. The fourth-order valence-corrected chi connectivity index (χ4v) is 2.52. The Morgan fingerprint density at radius 2 is 2.08 bits per heavy atom. The predicted octanol–water partition coefficient (Wildman–Crippen LogP) is 3.18. The molecule has 0 aliphatic rings. The zero-order valence-corrected chi connectivity index (χ0v) is 14.9. The lowest BCUT2D eigenvalue weighted by Crippen LogP contribution is -2.39. The minimum Gasteiger partial charge on any atom is -0.356 e. The Balaban J connectivity index is 1.74. The number of nitrogens with one attached hydrogen (secondary N) is 2. The summed E-state index contributed by atoms with van der Waals surface area (Å²) in [5, 5.41) is 6.41. The molecule has 2 aromatic rings. The van der Waals surface area contributed by atoms with E-state index in [2.05, 4.69) is 25.2 Å². The number of rotatable bonds is 7. The van der Waals surface area contributed by atoms with Crippen molar-refractivity contribution in [3.63, 3.8) is 0 Å². The van der Waals surface area contributed by atoms with Gasteiger partial charge in [0.1, 0.15) is 5.82 Å². The van der Waals surface area contributed by atoms with Gasteiger partial charge in [-0.3, -0.25) is 4.99 Å². The summed E-state index contributed by atoms with van der Waals surface area (Å²) >= 11 is 0. The van der Waals surface area contributed by atoms with Crippen molar-refractivity contribution < 1.29 is 8.78 Å². The summed E-state index contributed by atoms with van der Waals surface area (Å²) in [5.41, 5.74) is 0.664. The second-order valence-electron chi connectivity index (χ2n) is 5.91. The van der Waals surface area contributed by atoms with Crippen molar-refractivity contribution >= 4 is 5.96 Å². The third-order valence-corrected chi connectivity index (χ3v) is 4.06. The number of halogens is 2.